The largest absolute Gasteiger partial charge is 0.494 e. The van der Waals surface area contributed by atoms with E-state index in [2.05, 4.69) is 98.6 Å². The molecule has 5 aromatic rings. The van der Waals surface area contributed by atoms with Crippen LogP contribution < -0.4 is 4.74 Å². The highest BCUT2D eigenvalue weighted by Crippen LogP contribution is 2.46. The first kappa shape index (κ1) is 17.2. The summed E-state index contributed by atoms with van der Waals surface area (Å²) in [7, 11) is 1.69. The van der Waals surface area contributed by atoms with Crippen molar-refractivity contribution in [1.82, 2.24) is 0 Å². The number of thiophene rings is 1. The SMILES string of the molecule is COc1c(Br)cc(-c2c3ccccc3cc3sc4ccccc4c23)cc1Br. The average molecular weight is 498 g/mol. The molecule has 0 aliphatic rings. The molecule has 1 aromatic heterocycles. The summed E-state index contributed by atoms with van der Waals surface area (Å²) in [5.74, 6) is 0.811. The number of rotatable bonds is 2. The van der Waals surface area contributed by atoms with Gasteiger partial charge in [-0.3, -0.25) is 0 Å². The van der Waals surface area contributed by atoms with Crippen LogP contribution in [0.25, 0.3) is 42.1 Å². The van der Waals surface area contributed by atoms with Gasteiger partial charge in [-0.1, -0.05) is 42.5 Å². The van der Waals surface area contributed by atoms with Crippen molar-refractivity contribution in [3.05, 3.63) is 75.7 Å². The molecule has 0 bridgehead atoms. The molecule has 27 heavy (non-hydrogen) atoms. The maximum absolute atomic E-state index is 5.51. The summed E-state index contributed by atoms with van der Waals surface area (Å²) in [4.78, 5) is 0. The quantitative estimate of drug-likeness (QED) is 0.238. The van der Waals surface area contributed by atoms with E-state index >= 15 is 0 Å². The first-order valence-corrected chi connectivity index (χ1v) is 10.9. The second-order valence-electron chi connectivity index (χ2n) is 6.42. The smallest absolute Gasteiger partial charge is 0.147 e. The molecule has 0 N–H and O–H groups in total. The first-order chi connectivity index (χ1) is 13.2. The third-order valence-electron chi connectivity index (χ3n) is 4.88. The Morgan fingerprint density at radius 2 is 1.44 bits per heavy atom. The van der Waals surface area contributed by atoms with Crippen molar-refractivity contribution in [2.24, 2.45) is 0 Å². The molecule has 0 aliphatic heterocycles. The third kappa shape index (κ3) is 2.70. The van der Waals surface area contributed by atoms with Gasteiger partial charge in [0.15, 0.2) is 0 Å². The van der Waals surface area contributed by atoms with Gasteiger partial charge in [0.25, 0.3) is 0 Å². The van der Waals surface area contributed by atoms with Crippen LogP contribution in [0.3, 0.4) is 0 Å². The van der Waals surface area contributed by atoms with Gasteiger partial charge in [-0.25, -0.2) is 0 Å². The van der Waals surface area contributed by atoms with Crippen LogP contribution in [0.2, 0.25) is 0 Å². The van der Waals surface area contributed by atoms with Crippen LogP contribution in [0, 0.1) is 0 Å². The van der Waals surface area contributed by atoms with Gasteiger partial charge in [0.1, 0.15) is 5.75 Å². The second kappa shape index (κ2) is 6.62. The lowest BCUT2D eigenvalue weighted by Gasteiger charge is -2.13. The van der Waals surface area contributed by atoms with Crippen LogP contribution in [0.1, 0.15) is 0 Å². The number of hydrogen-bond donors (Lipinski definition) is 0. The fourth-order valence-electron chi connectivity index (χ4n) is 3.75. The Morgan fingerprint density at radius 1 is 0.778 bits per heavy atom. The van der Waals surface area contributed by atoms with Gasteiger partial charge in [0.05, 0.1) is 16.1 Å². The van der Waals surface area contributed by atoms with E-state index in [4.69, 9.17) is 4.74 Å². The Bertz CT molecular complexity index is 1310. The van der Waals surface area contributed by atoms with E-state index in [9.17, 15) is 0 Å². The molecule has 0 fully saturated rings. The molecule has 0 radical (unpaired) electrons. The molecule has 132 valence electrons. The molecule has 1 heterocycles. The molecule has 1 nitrogen and oxygen atoms in total. The second-order valence-corrected chi connectivity index (χ2v) is 9.21. The van der Waals surface area contributed by atoms with Crippen molar-refractivity contribution in [3.8, 4) is 16.9 Å². The minimum atomic E-state index is 0.811. The molecule has 0 saturated carbocycles. The Morgan fingerprint density at radius 3 is 2.19 bits per heavy atom. The van der Waals surface area contributed by atoms with Crippen LogP contribution in [-0.4, -0.2) is 7.11 Å². The third-order valence-corrected chi connectivity index (χ3v) is 7.18. The van der Waals surface area contributed by atoms with Gasteiger partial charge >= 0.3 is 0 Å². The summed E-state index contributed by atoms with van der Waals surface area (Å²) < 4.78 is 10.0. The minimum absolute atomic E-state index is 0.811. The van der Waals surface area contributed by atoms with E-state index in [0.717, 1.165) is 14.7 Å². The van der Waals surface area contributed by atoms with Gasteiger partial charge in [-0.15, -0.1) is 11.3 Å². The zero-order valence-corrected chi connectivity index (χ0v) is 18.4. The van der Waals surface area contributed by atoms with E-state index in [0.29, 0.717) is 0 Å². The van der Waals surface area contributed by atoms with E-state index in [-0.39, 0.29) is 0 Å². The molecular weight excluding hydrogens is 484 g/mol. The Balaban J connectivity index is 2.00. The zero-order valence-electron chi connectivity index (χ0n) is 14.4. The monoisotopic (exact) mass is 496 g/mol. The fourth-order valence-corrected chi connectivity index (χ4v) is 6.42. The van der Waals surface area contributed by atoms with Crippen molar-refractivity contribution in [2.45, 2.75) is 0 Å². The van der Waals surface area contributed by atoms with Crippen molar-refractivity contribution in [2.75, 3.05) is 7.11 Å². The van der Waals surface area contributed by atoms with Crippen molar-refractivity contribution in [3.63, 3.8) is 0 Å². The topological polar surface area (TPSA) is 9.23 Å². The lowest BCUT2D eigenvalue weighted by molar-refractivity contribution is 0.409. The van der Waals surface area contributed by atoms with Crippen molar-refractivity contribution >= 4 is 74.1 Å². The first-order valence-electron chi connectivity index (χ1n) is 8.54. The molecule has 0 aliphatic carbocycles. The summed E-state index contributed by atoms with van der Waals surface area (Å²) in [6, 6.07) is 23.9. The van der Waals surface area contributed by atoms with Crippen LogP contribution in [0.15, 0.2) is 75.7 Å². The van der Waals surface area contributed by atoms with E-state index < -0.39 is 0 Å². The fraction of sp³-hybridized carbons (Fsp3) is 0.0435. The summed E-state index contributed by atoms with van der Waals surface area (Å²) in [5.41, 5.74) is 2.43. The molecule has 0 unspecified atom stereocenters. The normalized spacial score (nSPS) is 11.5. The highest BCUT2D eigenvalue weighted by molar-refractivity contribution is 9.11. The lowest BCUT2D eigenvalue weighted by atomic mass is 9.93. The van der Waals surface area contributed by atoms with Crippen LogP contribution in [0.5, 0.6) is 5.75 Å². The molecule has 0 atom stereocenters. The Hall–Kier alpha value is -1.88. The van der Waals surface area contributed by atoms with Gasteiger partial charge in [-0.05, 0) is 78.0 Å². The molecule has 4 heteroatoms. The minimum Gasteiger partial charge on any atom is -0.494 e. The molecule has 0 saturated heterocycles. The van der Waals surface area contributed by atoms with Crippen LogP contribution in [0.4, 0.5) is 0 Å². The number of methoxy groups -OCH3 is 1. The van der Waals surface area contributed by atoms with Crippen LogP contribution >= 0.6 is 43.2 Å². The number of benzene rings is 4. The predicted octanol–water partition coefficient (Wildman–Crippen LogP) is 8.41. The molecule has 5 rings (SSSR count). The van der Waals surface area contributed by atoms with E-state index in [1.54, 1.807) is 7.11 Å². The van der Waals surface area contributed by atoms with E-state index in [1.165, 1.54) is 42.1 Å². The van der Waals surface area contributed by atoms with Gasteiger partial charge < -0.3 is 4.74 Å². The highest BCUT2D eigenvalue weighted by Gasteiger charge is 2.17. The summed E-state index contributed by atoms with van der Waals surface area (Å²) in [5, 5.41) is 5.15. The van der Waals surface area contributed by atoms with Gasteiger partial charge in [0.2, 0.25) is 0 Å². The molecule has 0 spiro atoms. The van der Waals surface area contributed by atoms with E-state index in [1.807, 2.05) is 11.3 Å². The van der Waals surface area contributed by atoms with Crippen molar-refractivity contribution < 1.29 is 4.74 Å². The molecule has 0 amide bonds. The predicted molar refractivity (Wildman–Crippen MR) is 124 cm³/mol. The number of ether oxygens (including phenoxy) is 1. The summed E-state index contributed by atoms with van der Waals surface area (Å²) >= 11 is 9.20. The maximum atomic E-state index is 5.51. The van der Waals surface area contributed by atoms with Crippen molar-refractivity contribution in [1.29, 1.82) is 0 Å². The zero-order chi connectivity index (χ0) is 18.5. The van der Waals surface area contributed by atoms with Crippen LogP contribution in [-0.2, 0) is 0 Å². The number of halogens is 2. The number of hydrogen-bond acceptors (Lipinski definition) is 2. The Labute approximate surface area is 177 Å². The van der Waals surface area contributed by atoms with Gasteiger partial charge in [-0.2, -0.15) is 0 Å². The molecular formula is C23H14Br2OS. The lowest BCUT2D eigenvalue weighted by Crippen LogP contribution is -1.89. The standard InChI is InChI=1S/C23H14Br2OS/c1-26-23-17(24)10-14(11-18(23)25)21-15-7-3-2-6-13(15)12-20-22(21)16-8-4-5-9-19(16)27-20/h2-12H,1H3. The maximum Gasteiger partial charge on any atom is 0.147 e. The highest BCUT2D eigenvalue weighted by atomic mass is 79.9. The summed E-state index contributed by atoms with van der Waals surface area (Å²) in [6.45, 7) is 0. The summed E-state index contributed by atoms with van der Waals surface area (Å²) in [6.07, 6.45) is 0. The van der Waals surface area contributed by atoms with Gasteiger partial charge in [0, 0.05) is 20.2 Å². The molecule has 4 aromatic carbocycles. The Kier molecular flexibility index (Phi) is 4.23. The number of fused-ring (bicyclic) bond motifs is 4. The average Bonchev–Trinajstić information content (AvgIpc) is 3.03.